The minimum atomic E-state index is 0.887. The monoisotopic (exact) mass is 275 g/mol. The van der Waals surface area contributed by atoms with Crippen molar-refractivity contribution in [1.29, 1.82) is 0 Å². The molecule has 0 heterocycles. The highest BCUT2D eigenvalue weighted by atomic mass is 14.8. The largest absolute Gasteiger partial charge is 0.316 e. The second-order valence-electron chi connectivity index (χ2n) is 5.67. The van der Waals surface area contributed by atoms with Crippen LogP contribution < -0.4 is 5.32 Å². The van der Waals surface area contributed by atoms with Gasteiger partial charge in [-0.1, -0.05) is 60.2 Å². The van der Waals surface area contributed by atoms with Crippen LogP contribution in [-0.4, -0.2) is 7.05 Å². The van der Waals surface area contributed by atoms with Crippen molar-refractivity contribution in [3.8, 4) is 11.1 Å². The number of fused-ring (bicyclic) bond motifs is 1. The standard InChI is InChI=1S/C20H21N/c1-14-8-10-16(13-21-3)20(12-14)19-11-9-15(2)17-6-4-5-7-18(17)19/h4-12,21H,13H2,1-3H3. The summed E-state index contributed by atoms with van der Waals surface area (Å²) in [7, 11) is 2.00. The molecule has 0 aromatic heterocycles. The Morgan fingerprint density at radius 3 is 2.33 bits per heavy atom. The van der Waals surface area contributed by atoms with Crippen molar-refractivity contribution in [2.75, 3.05) is 7.05 Å². The van der Waals surface area contributed by atoms with E-state index >= 15 is 0 Å². The van der Waals surface area contributed by atoms with Gasteiger partial charge in [-0.25, -0.2) is 0 Å². The quantitative estimate of drug-likeness (QED) is 0.721. The minimum absolute atomic E-state index is 0.887. The van der Waals surface area contributed by atoms with Crippen LogP contribution in [0.3, 0.4) is 0 Å². The molecule has 3 aromatic carbocycles. The molecule has 1 nitrogen and oxygen atoms in total. The lowest BCUT2D eigenvalue weighted by atomic mass is 9.91. The number of rotatable bonds is 3. The van der Waals surface area contributed by atoms with Gasteiger partial charge in [-0.15, -0.1) is 0 Å². The lowest BCUT2D eigenvalue weighted by Crippen LogP contribution is -2.06. The Bertz CT molecular complexity index is 787. The average molecular weight is 275 g/mol. The fourth-order valence-corrected chi connectivity index (χ4v) is 2.97. The summed E-state index contributed by atoms with van der Waals surface area (Å²) in [4.78, 5) is 0. The molecule has 3 rings (SSSR count). The number of hydrogen-bond acceptors (Lipinski definition) is 1. The maximum absolute atomic E-state index is 3.27. The highest BCUT2D eigenvalue weighted by Gasteiger charge is 2.09. The van der Waals surface area contributed by atoms with Crippen molar-refractivity contribution >= 4 is 10.8 Å². The van der Waals surface area contributed by atoms with E-state index in [0.29, 0.717) is 0 Å². The number of benzene rings is 3. The Labute approximate surface area is 126 Å². The molecular formula is C20H21N. The van der Waals surface area contributed by atoms with Gasteiger partial charge in [0, 0.05) is 6.54 Å². The second-order valence-corrected chi connectivity index (χ2v) is 5.67. The smallest absolute Gasteiger partial charge is 0.0208 e. The van der Waals surface area contributed by atoms with E-state index in [0.717, 1.165) is 6.54 Å². The van der Waals surface area contributed by atoms with Gasteiger partial charge in [0.25, 0.3) is 0 Å². The summed E-state index contributed by atoms with van der Waals surface area (Å²) >= 11 is 0. The fraction of sp³-hybridized carbons (Fsp3) is 0.200. The molecular weight excluding hydrogens is 254 g/mol. The van der Waals surface area contributed by atoms with Crippen LogP contribution in [0.4, 0.5) is 0 Å². The summed E-state index contributed by atoms with van der Waals surface area (Å²) in [6.07, 6.45) is 0. The molecule has 0 unspecified atom stereocenters. The van der Waals surface area contributed by atoms with E-state index in [4.69, 9.17) is 0 Å². The molecule has 0 atom stereocenters. The second kappa shape index (κ2) is 5.71. The van der Waals surface area contributed by atoms with E-state index in [2.05, 4.69) is 73.8 Å². The first-order chi connectivity index (χ1) is 10.2. The van der Waals surface area contributed by atoms with Gasteiger partial charge in [0.2, 0.25) is 0 Å². The molecule has 0 bridgehead atoms. The van der Waals surface area contributed by atoms with Gasteiger partial charge in [-0.3, -0.25) is 0 Å². The first-order valence-electron chi connectivity index (χ1n) is 7.43. The van der Waals surface area contributed by atoms with Gasteiger partial charge in [0.15, 0.2) is 0 Å². The normalized spacial score (nSPS) is 11.0. The maximum atomic E-state index is 3.27. The fourth-order valence-electron chi connectivity index (χ4n) is 2.97. The van der Waals surface area contributed by atoms with Crippen LogP contribution in [-0.2, 0) is 6.54 Å². The first kappa shape index (κ1) is 13.8. The maximum Gasteiger partial charge on any atom is 0.0208 e. The molecule has 0 saturated heterocycles. The van der Waals surface area contributed by atoms with E-state index in [1.165, 1.54) is 38.6 Å². The van der Waals surface area contributed by atoms with Crippen LogP contribution >= 0.6 is 0 Å². The Hall–Kier alpha value is -2.12. The molecule has 0 aliphatic heterocycles. The zero-order valence-electron chi connectivity index (χ0n) is 12.9. The zero-order chi connectivity index (χ0) is 14.8. The van der Waals surface area contributed by atoms with E-state index in [1.807, 2.05) is 7.05 Å². The van der Waals surface area contributed by atoms with Gasteiger partial charge in [-0.05, 0) is 53.9 Å². The molecule has 0 spiro atoms. The third-order valence-electron chi connectivity index (χ3n) is 4.06. The summed E-state index contributed by atoms with van der Waals surface area (Å²) in [5, 5.41) is 5.95. The molecule has 0 aliphatic rings. The first-order valence-corrected chi connectivity index (χ1v) is 7.43. The Balaban J connectivity index is 2.30. The van der Waals surface area contributed by atoms with Gasteiger partial charge in [0.05, 0.1) is 0 Å². The molecule has 1 N–H and O–H groups in total. The predicted molar refractivity (Wildman–Crippen MR) is 91.6 cm³/mol. The molecule has 3 aromatic rings. The third kappa shape index (κ3) is 2.57. The Morgan fingerprint density at radius 2 is 1.57 bits per heavy atom. The van der Waals surface area contributed by atoms with Crippen molar-refractivity contribution in [2.24, 2.45) is 0 Å². The Morgan fingerprint density at radius 1 is 0.810 bits per heavy atom. The highest BCUT2D eigenvalue weighted by molar-refractivity contribution is 5.99. The van der Waals surface area contributed by atoms with Crippen LogP contribution in [0, 0.1) is 13.8 Å². The van der Waals surface area contributed by atoms with Crippen molar-refractivity contribution in [2.45, 2.75) is 20.4 Å². The van der Waals surface area contributed by atoms with Crippen LogP contribution in [0.5, 0.6) is 0 Å². The molecule has 0 fully saturated rings. The van der Waals surface area contributed by atoms with E-state index < -0.39 is 0 Å². The Kier molecular flexibility index (Phi) is 3.76. The molecule has 21 heavy (non-hydrogen) atoms. The summed E-state index contributed by atoms with van der Waals surface area (Å²) in [5.41, 5.74) is 6.63. The number of nitrogens with one attached hydrogen (secondary N) is 1. The van der Waals surface area contributed by atoms with Crippen molar-refractivity contribution < 1.29 is 0 Å². The molecule has 1 heteroatoms. The summed E-state index contributed by atoms with van der Waals surface area (Å²) < 4.78 is 0. The van der Waals surface area contributed by atoms with E-state index in [-0.39, 0.29) is 0 Å². The van der Waals surface area contributed by atoms with Crippen molar-refractivity contribution in [3.63, 3.8) is 0 Å². The van der Waals surface area contributed by atoms with E-state index in [1.54, 1.807) is 0 Å². The topological polar surface area (TPSA) is 12.0 Å². The zero-order valence-corrected chi connectivity index (χ0v) is 12.9. The van der Waals surface area contributed by atoms with Crippen LogP contribution in [0.2, 0.25) is 0 Å². The molecule has 0 amide bonds. The van der Waals surface area contributed by atoms with Gasteiger partial charge in [0.1, 0.15) is 0 Å². The highest BCUT2D eigenvalue weighted by Crippen LogP contribution is 2.33. The van der Waals surface area contributed by atoms with Crippen molar-refractivity contribution in [3.05, 3.63) is 71.3 Å². The molecule has 0 radical (unpaired) electrons. The van der Waals surface area contributed by atoms with Crippen molar-refractivity contribution in [1.82, 2.24) is 5.32 Å². The van der Waals surface area contributed by atoms with E-state index in [9.17, 15) is 0 Å². The average Bonchev–Trinajstić information content (AvgIpc) is 2.50. The molecule has 106 valence electrons. The number of aryl methyl sites for hydroxylation is 2. The summed E-state index contributed by atoms with van der Waals surface area (Å²) in [5.74, 6) is 0. The van der Waals surface area contributed by atoms with Gasteiger partial charge < -0.3 is 5.32 Å². The molecule has 0 saturated carbocycles. The van der Waals surface area contributed by atoms with Crippen LogP contribution in [0.1, 0.15) is 16.7 Å². The summed E-state index contributed by atoms with van der Waals surface area (Å²) in [6.45, 7) is 5.22. The lowest BCUT2D eigenvalue weighted by Gasteiger charge is -2.14. The summed E-state index contributed by atoms with van der Waals surface area (Å²) in [6, 6.07) is 19.9. The SMILES string of the molecule is CNCc1ccc(C)cc1-c1ccc(C)c2ccccc12. The predicted octanol–water partition coefficient (Wildman–Crippen LogP) is 4.84. The van der Waals surface area contributed by atoms with Gasteiger partial charge >= 0.3 is 0 Å². The number of hydrogen-bond donors (Lipinski definition) is 1. The van der Waals surface area contributed by atoms with Gasteiger partial charge in [-0.2, -0.15) is 0 Å². The van der Waals surface area contributed by atoms with Crippen LogP contribution in [0.25, 0.3) is 21.9 Å². The third-order valence-corrected chi connectivity index (χ3v) is 4.06. The lowest BCUT2D eigenvalue weighted by molar-refractivity contribution is 0.819. The molecule has 0 aliphatic carbocycles. The van der Waals surface area contributed by atoms with Crippen LogP contribution in [0.15, 0.2) is 54.6 Å². The minimum Gasteiger partial charge on any atom is -0.316 e.